The number of benzene rings is 2. The highest BCUT2D eigenvalue weighted by Crippen LogP contribution is 2.27. The zero-order valence-electron chi connectivity index (χ0n) is 16.4. The Kier molecular flexibility index (Phi) is 5.78. The van der Waals surface area contributed by atoms with Gasteiger partial charge in [0.2, 0.25) is 0 Å². The highest BCUT2D eigenvalue weighted by atomic mass is 32.2. The summed E-state index contributed by atoms with van der Waals surface area (Å²) in [5.41, 5.74) is 2.60. The molecular formula is C22H22N2O4S2. The van der Waals surface area contributed by atoms with E-state index >= 15 is 0 Å². The molecule has 2 aromatic carbocycles. The molecule has 1 atom stereocenters. The zero-order valence-corrected chi connectivity index (χ0v) is 18.1. The van der Waals surface area contributed by atoms with Crippen LogP contribution in [-0.2, 0) is 16.4 Å². The molecule has 6 nitrogen and oxygen atoms in total. The fourth-order valence-corrected chi connectivity index (χ4v) is 5.75. The van der Waals surface area contributed by atoms with Crippen LogP contribution in [0.25, 0.3) is 0 Å². The number of hydrogen-bond donors (Lipinski definition) is 2. The number of carbonyl (C=O) groups is 1. The highest BCUT2D eigenvalue weighted by molar-refractivity contribution is 7.93. The molecule has 0 fully saturated rings. The minimum atomic E-state index is -3.87. The Morgan fingerprint density at radius 2 is 1.90 bits per heavy atom. The van der Waals surface area contributed by atoms with E-state index in [1.165, 1.54) is 6.07 Å². The van der Waals surface area contributed by atoms with Crippen LogP contribution in [0.4, 0.5) is 5.69 Å². The van der Waals surface area contributed by atoms with Crippen LogP contribution in [0.5, 0.6) is 5.75 Å². The van der Waals surface area contributed by atoms with Gasteiger partial charge in [-0.25, -0.2) is 8.42 Å². The summed E-state index contributed by atoms with van der Waals surface area (Å²) < 4.78 is 33.9. The van der Waals surface area contributed by atoms with Crippen molar-refractivity contribution in [3.05, 3.63) is 76.0 Å². The van der Waals surface area contributed by atoms with Crippen molar-refractivity contribution in [3.63, 3.8) is 0 Å². The fraction of sp³-hybridized carbons (Fsp3) is 0.227. The molecule has 0 aliphatic carbocycles. The number of nitrogens with one attached hydrogen (secondary N) is 2. The van der Waals surface area contributed by atoms with Gasteiger partial charge in [-0.2, -0.15) is 0 Å². The van der Waals surface area contributed by atoms with E-state index in [0.29, 0.717) is 18.8 Å². The summed E-state index contributed by atoms with van der Waals surface area (Å²) in [6.07, 6.45) is 0.807. The second-order valence-electron chi connectivity index (χ2n) is 7.28. The first-order chi connectivity index (χ1) is 14.4. The largest absolute Gasteiger partial charge is 0.493 e. The summed E-state index contributed by atoms with van der Waals surface area (Å²) >= 11 is 1.11. The van der Waals surface area contributed by atoms with Crippen molar-refractivity contribution in [1.29, 1.82) is 0 Å². The van der Waals surface area contributed by atoms with E-state index in [1.54, 1.807) is 17.5 Å². The molecule has 3 aromatic rings. The monoisotopic (exact) mass is 442 g/mol. The molecule has 8 heteroatoms. The number of carbonyl (C=O) groups excluding carboxylic acids is 1. The third kappa shape index (κ3) is 4.49. The molecule has 1 aromatic heterocycles. The summed E-state index contributed by atoms with van der Waals surface area (Å²) in [6, 6.07) is 16.3. The van der Waals surface area contributed by atoms with Gasteiger partial charge in [0.25, 0.3) is 15.9 Å². The predicted molar refractivity (Wildman–Crippen MR) is 118 cm³/mol. The van der Waals surface area contributed by atoms with Gasteiger partial charge in [0.15, 0.2) is 0 Å². The van der Waals surface area contributed by atoms with Crippen molar-refractivity contribution >= 4 is 33.0 Å². The van der Waals surface area contributed by atoms with Crippen molar-refractivity contribution in [1.82, 2.24) is 5.32 Å². The van der Waals surface area contributed by atoms with E-state index in [4.69, 9.17) is 4.74 Å². The lowest BCUT2D eigenvalue weighted by Crippen LogP contribution is -2.35. The minimum absolute atomic E-state index is 0.0178. The lowest BCUT2D eigenvalue weighted by atomic mass is 9.97. The lowest BCUT2D eigenvalue weighted by Gasteiger charge is -2.25. The third-order valence-corrected chi connectivity index (χ3v) is 7.40. The van der Waals surface area contributed by atoms with E-state index < -0.39 is 15.9 Å². The molecule has 0 bridgehead atoms. The average Bonchev–Trinajstić information content (AvgIpc) is 3.25. The van der Waals surface area contributed by atoms with Gasteiger partial charge >= 0.3 is 0 Å². The number of anilines is 1. The molecule has 30 heavy (non-hydrogen) atoms. The standard InChI is InChI=1S/C22H22N2O4S2/c1-15-6-8-18(9-7-15)24-30(26,27)20-10-11-29-21(20)22(25)23-13-16-12-17-4-2-3-5-19(17)28-14-16/h2-11,16,24H,12-14H2,1H3,(H,23,25). The Labute approximate surface area is 180 Å². The van der Waals surface area contributed by atoms with Gasteiger partial charge in [0.1, 0.15) is 15.5 Å². The molecule has 0 saturated heterocycles. The highest BCUT2D eigenvalue weighted by Gasteiger charge is 2.26. The number of rotatable bonds is 6. The van der Waals surface area contributed by atoms with E-state index in [9.17, 15) is 13.2 Å². The molecule has 1 aliphatic rings. The summed E-state index contributed by atoms with van der Waals surface area (Å²) in [7, 11) is -3.87. The van der Waals surface area contributed by atoms with E-state index in [1.807, 2.05) is 43.3 Å². The molecule has 2 N–H and O–H groups in total. The molecule has 4 rings (SSSR count). The third-order valence-electron chi connectivity index (χ3n) is 4.94. The second-order valence-corrected chi connectivity index (χ2v) is 9.85. The SMILES string of the molecule is Cc1ccc(NS(=O)(=O)c2ccsc2C(=O)NCC2COc3ccccc3C2)cc1. The summed E-state index contributed by atoms with van der Waals surface area (Å²) in [5.74, 6) is 0.622. The van der Waals surface area contributed by atoms with E-state index in [2.05, 4.69) is 10.0 Å². The number of amides is 1. The maximum absolute atomic E-state index is 12.8. The van der Waals surface area contributed by atoms with Crippen molar-refractivity contribution in [2.75, 3.05) is 17.9 Å². The van der Waals surface area contributed by atoms with Crippen LogP contribution in [0.2, 0.25) is 0 Å². The molecule has 0 spiro atoms. The molecule has 1 aliphatic heterocycles. The lowest BCUT2D eigenvalue weighted by molar-refractivity contribution is 0.0940. The Morgan fingerprint density at radius 1 is 1.13 bits per heavy atom. The van der Waals surface area contributed by atoms with Crippen LogP contribution in [0.3, 0.4) is 0 Å². The van der Waals surface area contributed by atoms with Gasteiger partial charge in [-0.15, -0.1) is 11.3 Å². The Balaban J connectivity index is 1.42. The van der Waals surface area contributed by atoms with Crippen molar-refractivity contribution in [2.45, 2.75) is 18.2 Å². The molecular weight excluding hydrogens is 420 g/mol. The number of para-hydroxylation sites is 1. The van der Waals surface area contributed by atoms with Gasteiger partial charge in [0.05, 0.1) is 6.61 Å². The van der Waals surface area contributed by atoms with Crippen LogP contribution < -0.4 is 14.8 Å². The maximum Gasteiger partial charge on any atom is 0.263 e. The van der Waals surface area contributed by atoms with E-state index in [-0.39, 0.29) is 15.7 Å². The van der Waals surface area contributed by atoms with Crippen molar-refractivity contribution in [3.8, 4) is 5.75 Å². The summed E-state index contributed by atoms with van der Waals surface area (Å²) in [6.45, 7) is 2.85. The first kappa shape index (κ1) is 20.4. The van der Waals surface area contributed by atoms with Crippen molar-refractivity contribution in [2.24, 2.45) is 5.92 Å². The van der Waals surface area contributed by atoms with Gasteiger partial charge in [-0.3, -0.25) is 9.52 Å². The number of fused-ring (bicyclic) bond motifs is 1. The summed E-state index contributed by atoms with van der Waals surface area (Å²) in [4.78, 5) is 12.9. The predicted octanol–water partition coefficient (Wildman–Crippen LogP) is 3.84. The van der Waals surface area contributed by atoms with Gasteiger partial charge in [-0.1, -0.05) is 35.9 Å². The van der Waals surface area contributed by atoms with Crippen LogP contribution in [0, 0.1) is 12.8 Å². The first-order valence-electron chi connectivity index (χ1n) is 9.58. The summed E-state index contributed by atoms with van der Waals surface area (Å²) in [5, 5.41) is 4.48. The van der Waals surface area contributed by atoms with Gasteiger partial charge in [0, 0.05) is 18.2 Å². The maximum atomic E-state index is 12.8. The number of sulfonamides is 1. The molecule has 0 radical (unpaired) electrons. The molecule has 1 unspecified atom stereocenters. The van der Waals surface area contributed by atoms with Crippen LogP contribution >= 0.6 is 11.3 Å². The zero-order chi connectivity index (χ0) is 21.1. The number of thiophene rings is 1. The van der Waals surface area contributed by atoms with Crippen LogP contribution in [-0.4, -0.2) is 27.5 Å². The van der Waals surface area contributed by atoms with E-state index in [0.717, 1.165) is 34.6 Å². The number of ether oxygens (including phenoxy) is 1. The normalized spacial score (nSPS) is 15.7. The second kappa shape index (κ2) is 8.49. The van der Waals surface area contributed by atoms with Gasteiger partial charge in [-0.05, 0) is 48.6 Å². The Bertz CT molecular complexity index is 1150. The smallest absolute Gasteiger partial charge is 0.263 e. The van der Waals surface area contributed by atoms with Crippen LogP contribution in [0.1, 0.15) is 20.8 Å². The molecule has 0 saturated carbocycles. The molecule has 156 valence electrons. The van der Waals surface area contributed by atoms with Crippen molar-refractivity contribution < 1.29 is 17.9 Å². The van der Waals surface area contributed by atoms with Crippen LogP contribution in [0.15, 0.2) is 64.9 Å². The Hall–Kier alpha value is -2.84. The molecule has 1 amide bonds. The van der Waals surface area contributed by atoms with Gasteiger partial charge < -0.3 is 10.1 Å². The average molecular weight is 443 g/mol. The number of hydrogen-bond acceptors (Lipinski definition) is 5. The Morgan fingerprint density at radius 3 is 2.70 bits per heavy atom. The first-order valence-corrected chi connectivity index (χ1v) is 11.9. The fourth-order valence-electron chi connectivity index (χ4n) is 3.35. The quantitative estimate of drug-likeness (QED) is 0.608. The topological polar surface area (TPSA) is 84.5 Å². The molecule has 2 heterocycles. The number of aryl methyl sites for hydroxylation is 1. The minimum Gasteiger partial charge on any atom is -0.493 e.